The van der Waals surface area contributed by atoms with Crippen molar-refractivity contribution in [1.82, 2.24) is 15.6 Å². The molecule has 14 heavy (non-hydrogen) atoms. The van der Waals surface area contributed by atoms with Crippen LogP contribution in [0.25, 0.3) is 0 Å². The van der Waals surface area contributed by atoms with Gasteiger partial charge in [-0.2, -0.15) is 5.53 Å². The monoisotopic (exact) mass is 197 g/mol. The van der Waals surface area contributed by atoms with Crippen molar-refractivity contribution in [1.29, 1.82) is 0 Å². The molecule has 1 N–H and O–H groups in total. The number of hydrogen-bond acceptors (Lipinski definition) is 3. The fourth-order valence-corrected chi connectivity index (χ4v) is 1.64. The maximum atomic E-state index is 3.35. The lowest BCUT2D eigenvalue weighted by Gasteiger charge is -2.35. The molecule has 0 aromatic heterocycles. The molecule has 1 aliphatic heterocycles. The van der Waals surface area contributed by atoms with Crippen LogP contribution in [-0.2, 0) is 0 Å². The molecule has 0 aromatic carbocycles. The average Bonchev–Trinajstić information content (AvgIpc) is 2.25. The lowest BCUT2D eigenvalue weighted by atomic mass is 10.1. The fourth-order valence-electron chi connectivity index (χ4n) is 1.64. The van der Waals surface area contributed by atoms with Crippen molar-refractivity contribution in [3.63, 3.8) is 0 Å². The summed E-state index contributed by atoms with van der Waals surface area (Å²) in [5.74, 6) is 0. The summed E-state index contributed by atoms with van der Waals surface area (Å²) in [5.41, 5.74) is 4.90. The van der Waals surface area contributed by atoms with Gasteiger partial charge in [0, 0.05) is 25.8 Å². The van der Waals surface area contributed by atoms with Gasteiger partial charge in [0.1, 0.15) is 0 Å². The molecule has 0 aromatic rings. The minimum Gasteiger partial charge on any atom is -0.302 e. The third-order valence-electron chi connectivity index (χ3n) is 2.58. The molecule has 0 saturated carbocycles. The highest BCUT2D eigenvalue weighted by Gasteiger charge is 2.13. The van der Waals surface area contributed by atoms with E-state index in [9.17, 15) is 0 Å². The minimum absolute atomic E-state index is 1.02. The molecular formula is C11H23N3. The molecule has 1 rings (SSSR count). The number of hydrogen-bond donors (Lipinski definition) is 1. The Balaban J connectivity index is 2.49. The molecule has 3 nitrogen and oxygen atoms in total. The van der Waals surface area contributed by atoms with Crippen molar-refractivity contribution in [2.75, 3.05) is 19.6 Å². The predicted octanol–water partition coefficient (Wildman–Crippen LogP) is 2.14. The van der Waals surface area contributed by atoms with Gasteiger partial charge in [0.25, 0.3) is 0 Å². The van der Waals surface area contributed by atoms with Gasteiger partial charge in [0.15, 0.2) is 0 Å². The van der Waals surface area contributed by atoms with Gasteiger partial charge in [0.2, 0.25) is 0 Å². The predicted molar refractivity (Wildman–Crippen MR) is 60.4 cm³/mol. The first kappa shape index (κ1) is 11.5. The summed E-state index contributed by atoms with van der Waals surface area (Å²) in [6, 6.07) is 0. The van der Waals surface area contributed by atoms with Crippen LogP contribution in [0.3, 0.4) is 0 Å². The molecule has 0 spiro atoms. The van der Waals surface area contributed by atoms with Gasteiger partial charge in [-0.05, 0) is 25.3 Å². The number of nitrogens with zero attached hydrogens (tertiary/aromatic N) is 2. The molecule has 82 valence electrons. The molecular weight excluding hydrogens is 174 g/mol. The lowest BCUT2D eigenvalue weighted by Crippen LogP contribution is -2.51. The molecule has 0 bridgehead atoms. The van der Waals surface area contributed by atoms with Crippen LogP contribution in [0.15, 0.2) is 11.8 Å². The highest BCUT2D eigenvalue weighted by molar-refractivity contribution is 5.05. The van der Waals surface area contributed by atoms with Gasteiger partial charge in [-0.1, -0.05) is 20.3 Å². The Kier molecular flexibility index (Phi) is 4.98. The zero-order valence-corrected chi connectivity index (χ0v) is 9.71. The second-order valence-electron chi connectivity index (χ2n) is 3.79. The maximum absolute atomic E-state index is 3.35. The molecule has 3 heteroatoms. The molecule has 1 aliphatic rings. The standard InChI is InChI=1S/C11H23N3/c1-4-7-8-11-9-13(5-2)12-14(6-3)10-11/h9,12H,4-8,10H2,1-3H3. The normalized spacial score (nSPS) is 18.5. The van der Waals surface area contributed by atoms with Crippen LogP contribution in [0.4, 0.5) is 0 Å². The fraction of sp³-hybridized carbons (Fsp3) is 0.818. The molecule has 0 unspecified atom stereocenters. The van der Waals surface area contributed by atoms with Crippen LogP contribution in [-0.4, -0.2) is 29.7 Å². The van der Waals surface area contributed by atoms with E-state index in [1.54, 1.807) is 5.57 Å². The summed E-state index contributed by atoms with van der Waals surface area (Å²) >= 11 is 0. The van der Waals surface area contributed by atoms with Gasteiger partial charge in [-0.15, -0.1) is 0 Å². The van der Waals surface area contributed by atoms with Gasteiger partial charge in [0.05, 0.1) is 0 Å². The summed E-state index contributed by atoms with van der Waals surface area (Å²) in [6.07, 6.45) is 6.09. The largest absolute Gasteiger partial charge is 0.302 e. The van der Waals surface area contributed by atoms with E-state index in [1.165, 1.54) is 19.3 Å². The quantitative estimate of drug-likeness (QED) is 0.728. The second-order valence-corrected chi connectivity index (χ2v) is 3.79. The van der Waals surface area contributed by atoms with Gasteiger partial charge in [-0.25, -0.2) is 5.01 Å². The maximum Gasteiger partial charge on any atom is 0.0376 e. The summed E-state index contributed by atoms with van der Waals surface area (Å²) in [5, 5.41) is 4.42. The summed E-state index contributed by atoms with van der Waals surface area (Å²) < 4.78 is 0. The van der Waals surface area contributed by atoms with Crippen molar-refractivity contribution in [3.05, 3.63) is 11.8 Å². The Hall–Kier alpha value is -0.540. The van der Waals surface area contributed by atoms with Crippen molar-refractivity contribution in [2.45, 2.75) is 40.0 Å². The van der Waals surface area contributed by atoms with Crippen LogP contribution in [0.2, 0.25) is 0 Å². The lowest BCUT2D eigenvalue weighted by molar-refractivity contribution is 0.0568. The average molecular weight is 197 g/mol. The Bertz CT molecular complexity index is 189. The van der Waals surface area contributed by atoms with E-state index in [0.29, 0.717) is 0 Å². The Morgan fingerprint density at radius 3 is 2.64 bits per heavy atom. The number of likely N-dealkylation sites (N-methyl/N-ethyl adjacent to an activating group) is 1. The SMILES string of the molecule is CCCCC1=CN(CC)NN(CC)C1. The number of hydrazine groups is 2. The second kappa shape index (κ2) is 6.04. The third-order valence-corrected chi connectivity index (χ3v) is 2.58. The molecule has 0 fully saturated rings. The molecule has 0 atom stereocenters. The zero-order chi connectivity index (χ0) is 10.4. The number of unbranched alkanes of at least 4 members (excludes halogenated alkanes) is 1. The van der Waals surface area contributed by atoms with Gasteiger partial charge >= 0.3 is 0 Å². The molecule has 0 amide bonds. The number of rotatable bonds is 5. The van der Waals surface area contributed by atoms with E-state index in [4.69, 9.17) is 0 Å². The number of nitrogens with one attached hydrogen (secondary N) is 1. The Morgan fingerprint density at radius 1 is 1.29 bits per heavy atom. The van der Waals surface area contributed by atoms with Crippen LogP contribution in [0, 0.1) is 0 Å². The van der Waals surface area contributed by atoms with Crippen molar-refractivity contribution < 1.29 is 0 Å². The van der Waals surface area contributed by atoms with Crippen molar-refractivity contribution in [3.8, 4) is 0 Å². The van der Waals surface area contributed by atoms with Gasteiger partial charge in [-0.3, -0.25) is 0 Å². The summed E-state index contributed by atoms with van der Waals surface area (Å²) in [6.45, 7) is 9.75. The van der Waals surface area contributed by atoms with E-state index >= 15 is 0 Å². The highest BCUT2D eigenvalue weighted by atomic mass is 15.7. The first-order chi connectivity index (χ1) is 6.80. The van der Waals surface area contributed by atoms with Gasteiger partial charge < -0.3 is 5.01 Å². The topological polar surface area (TPSA) is 18.5 Å². The Morgan fingerprint density at radius 2 is 2.07 bits per heavy atom. The molecule has 1 heterocycles. The highest BCUT2D eigenvalue weighted by Crippen LogP contribution is 2.13. The Labute approximate surface area is 87.7 Å². The summed E-state index contributed by atoms with van der Waals surface area (Å²) in [7, 11) is 0. The van der Waals surface area contributed by atoms with E-state index in [2.05, 4.69) is 42.5 Å². The van der Waals surface area contributed by atoms with E-state index in [0.717, 1.165) is 19.6 Å². The minimum atomic E-state index is 1.02. The zero-order valence-electron chi connectivity index (χ0n) is 9.71. The first-order valence-electron chi connectivity index (χ1n) is 5.77. The molecule has 0 saturated heterocycles. The smallest absolute Gasteiger partial charge is 0.0376 e. The van der Waals surface area contributed by atoms with Crippen LogP contribution in [0.1, 0.15) is 40.0 Å². The molecule has 0 radical (unpaired) electrons. The van der Waals surface area contributed by atoms with Crippen molar-refractivity contribution in [2.24, 2.45) is 0 Å². The van der Waals surface area contributed by atoms with E-state index in [1.807, 2.05) is 0 Å². The first-order valence-corrected chi connectivity index (χ1v) is 5.77. The van der Waals surface area contributed by atoms with Crippen LogP contribution >= 0.6 is 0 Å². The summed E-state index contributed by atoms with van der Waals surface area (Å²) in [4.78, 5) is 0. The van der Waals surface area contributed by atoms with Crippen LogP contribution in [0.5, 0.6) is 0 Å². The van der Waals surface area contributed by atoms with Crippen LogP contribution < -0.4 is 5.53 Å². The van der Waals surface area contributed by atoms with Crippen molar-refractivity contribution >= 4 is 0 Å². The molecule has 0 aliphatic carbocycles. The van der Waals surface area contributed by atoms with E-state index in [-0.39, 0.29) is 0 Å². The van der Waals surface area contributed by atoms with E-state index < -0.39 is 0 Å². The third kappa shape index (κ3) is 3.31.